The number of carbonyl (C=O) groups is 2. The maximum Gasteiger partial charge on any atom is 0.254 e. The Morgan fingerprint density at radius 2 is 1.81 bits per heavy atom. The Bertz CT molecular complexity index is 1300. The zero-order chi connectivity index (χ0) is 22.0. The molecule has 0 fully saturated rings. The summed E-state index contributed by atoms with van der Waals surface area (Å²) in [5.74, 6) is -0.305. The van der Waals surface area contributed by atoms with Crippen LogP contribution in [0, 0.1) is 0 Å². The Hall–Kier alpha value is -4.47. The fourth-order valence-corrected chi connectivity index (χ4v) is 3.08. The lowest BCUT2D eigenvalue weighted by Gasteiger charge is -2.12. The highest BCUT2D eigenvalue weighted by atomic mass is 16.1. The van der Waals surface area contributed by atoms with Gasteiger partial charge in [0.15, 0.2) is 0 Å². The van der Waals surface area contributed by atoms with Crippen LogP contribution in [0.4, 0.5) is 28.8 Å². The molecule has 0 aliphatic heterocycles. The Kier molecular flexibility index (Phi) is 5.19. The number of nitrogens with one attached hydrogen (secondary N) is 3. The second kappa shape index (κ2) is 8.11. The van der Waals surface area contributed by atoms with Crippen molar-refractivity contribution in [3.05, 3.63) is 60.4 Å². The lowest BCUT2D eigenvalue weighted by atomic mass is 10.2. The number of rotatable bonds is 6. The van der Waals surface area contributed by atoms with Crippen molar-refractivity contribution < 1.29 is 9.59 Å². The average molecular weight is 416 g/mol. The molecular weight excluding hydrogens is 396 g/mol. The number of nitrogens with two attached hydrogens (primary N) is 1. The Morgan fingerprint density at radius 1 is 1.03 bits per heavy atom. The summed E-state index contributed by atoms with van der Waals surface area (Å²) < 4.78 is 1.73. The van der Waals surface area contributed by atoms with Crippen molar-refractivity contribution >= 4 is 51.5 Å². The minimum absolute atomic E-state index is 0.152. The Balaban J connectivity index is 1.63. The summed E-state index contributed by atoms with van der Waals surface area (Å²) in [6.07, 6.45) is 3.27. The quantitative estimate of drug-likeness (QED) is 0.379. The number of nitrogens with zero attached hydrogens (tertiary/aromatic N) is 4. The molecule has 4 rings (SSSR count). The first kappa shape index (κ1) is 19.8. The Morgan fingerprint density at radius 3 is 2.58 bits per heavy atom. The molecule has 2 aromatic carbocycles. The fraction of sp³-hybridized carbons (Fsp3) is 0.0952. The topological polar surface area (TPSA) is 140 Å². The molecule has 0 aliphatic carbocycles. The lowest BCUT2D eigenvalue weighted by Crippen LogP contribution is -2.15. The molecule has 2 amide bonds. The van der Waals surface area contributed by atoms with Gasteiger partial charge in [0, 0.05) is 48.8 Å². The number of amides is 2. The maximum atomic E-state index is 11.9. The molecule has 2 aromatic heterocycles. The van der Waals surface area contributed by atoms with Gasteiger partial charge in [-0.3, -0.25) is 14.3 Å². The molecule has 0 unspecified atom stereocenters. The van der Waals surface area contributed by atoms with Crippen molar-refractivity contribution in [1.82, 2.24) is 19.7 Å². The second-order valence-corrected chi connectivity index (χ2v) is 6.91. The number of primary amides is 1. The summed E-state index contributed by atoms with van der Waals surface area (Å²) in [7, 11) is 1.85. The van der Waals surface area contributed by atoms with Crippen LogP contribution in [0.2, 0.25) is 0 Å². The van der Waals surface area contributed by atoms with E-state index in [-0.39, 0.29) is 23.2 Å². The van der Waals surface area contributed by atoms with E-state index in [0.29, 0.717) is 17.1 Å². The molecule has 0 saturated heterocycles. The molecule has 4 aromatic rings. The van der Waals surface area contributed by atoms with Gasteiger partial charge >= 0.3 is 0 Å². The third-order valence-electron chi connectivity index (χ3n) is 4.38. The van der Waals surface area contributed by atoms with Crippen LogP contribution in [0.5, 0.6) is 0 Å². The third-order valence-corrected chi connectivity index (χ3v) is 4.38. The molecule has 0 saturated carbocycles. The van der Waals surface area contributed by atoms with E-state index in [4.69, 9.17) is 5.73 Å². The van der Waals surface area contributed by atoms with Crippen molar-refractivity contribution in [1.29, 1.82) is 0 Å². The standard InChI is InChI=1S/C21H20N8O2/c1-12(30)24-14-4-3-5-15(8-14)26-21-23-10-17(19(22)31)20(27-21)25-16-7-6-13-11-29(2)28-18(13)9-16/h3-11H,1-2H3,(H2,22,31)(H,24,30)(H2,23,25,26,27). The fourth-order valence-electron chi connectivity index (χ4n) is 3.08. The number of aryl methyl sites for hydroxylation is 1. The van der Waals surface area contributed by atoms with Crippen LogP contribution >= 0.6 is 0 Å². The normalized spacial score (nSPS) is 10.6. The summed E-state index contributed by atoms with van der Waals surface area (Å²) in [5, 5.41) is 14.3. The molecular formula is C21H20N8O2. The van der Waals surface area contributed by atoms with E-state index in [9.17, 15) is 9.59 Å². The van der Waals surface area contributed by atoms with Gasteiger partial charge in [0.05, 0.1) is 5.52 Å². The number of hydrogen-bond acceptors (Lipinski definition) is 7. The average Bonchev–Trinajstić information content (AvgIpc) is 3.07. The van der Waals surface area contributed by atoms with Gasteiger partial charge in [0.2, 0.25) is 11.9 Å². The molecule has 0 spiro atoms. The van der Waals surface area contributed by atoms with Crippen LogP contribution in [-0.2, 0) is 11.8 Å². The number of benzene rings is 2. The number of fused-ring (bicyclic) bond motifs is 1. The predicted molar refractivity (Wildman–Crippen MR) is 119 cm³/mol. The monoisotopic (exact) mass is 416 g/mol. The molecule has 31 heavy (non-hydrogen) atoms. The van der Waals surface area contributed by atoms with E-state index in [1.165, 1.54) is 13.1 Å². The van der Waals surface area contributed by atoms with Gasteiger partial charge in [0.25, 0.3) is 5.91 Å². The molecule has 0 atom stereocenters. The minimum Gasteiger partial charge on any atom is -0.365 e. The van der Waals surface area contributed by atoms with Gasteiger partial charge < -0.3 is 21.7 Å². The van der Waals surface area contributed by atoms with Crippen LogP contribution in [0.1, 0.15) is 17.3 Å². The van der Waals surface area contributed by atoms with Crippen LogP contribution in [-0.4, -0.2) is 31.6 Å². The van der Waals surface area contributed by atoms with Crippen molar-refractivity contribution in [2.75, 3.05) is 16.0 Å². The van der Waals surface area contributed by atoms with E-state index in [0.717, 1.165) is 10.9 Å². The second-order valence-electron chi connectivity index (χ2n) is 6.91. The lowest BCUT2D eigenvalue weighted by molar-refractivity contribution is -0.114. The highest BCUT2D eigenvalue weighted by molar-refractivity contribution is 5.98. The van der Waals surface area contributed by atoms with Crippen molar-refractivity contribution in [3.8, 4) is 0 Å². The Labute approximate surface area is 177 Å². The summed E-state index contributed by atoms with van der Waals surface area (Å²) in [6, 6.07) is 12.7. The van der Waals surface area contributed by atoms with E-state index < -0.39 is 5.91 Å². The summed E-state index contributed by atoms with van der Waals surface area (Å²) in [5.41, 5.74) is 8.45. The van der Waals surface area contributed by atoms with Crippen LogP contribution in [0.25, 0.3) is 10.9 Å². The first-order valence-corrected chi connectivity index (χ1v) is 9.39. The van der Waals surface area contributed by atoms with Crippen molar-refractivity contribution in [2.24, 2.45) is 12.8 Å². The first-order valence-electron chi connectivity index (χ1n) is 9.39. The number of carbonyl (C=O) groups excluding carboxylic acids is 2. The molecule has 0 radical (unpaired) electrons. The van der Waals surface area contributed by atoms with Gasteiger partial charge in [-0.1, -0.05) is 6.07 Å². The largest absolute Gasteiger partial charge is 0.365 e. The third kappa shape index (κ3) is 4.58. The van der Waals surface area contributed by atoms with Crippen molar-refractivity contribution in [2.45, 2.75) is 6.92 Å². The van der Waals surface area contributed by atoms with Crippen LogP contribution < -0.4 is 21.7 Å². The van der Waals surface area contributed by atoms with Gasteiger partial charge in [-0.05, 0) is 36.4 Å². The summed E-state index contributed by atoms with van der Waals surface area (Å²) in [4.78, 5) is 31.7. The van der Waals surface area contributed by atoms with Crippen LogP contribution in [0.3, 0.4) is 0 Å². The van der Waals surface area contributed by atoms with Gasteiger partial charge in [0.1, 0.15) is 11.4 Å². The number of hydrogen-bond donors (Lipinski definition) is 4. The highest BCUT2D eigenvalue weighted by Gasteiger charge is 2.13. The van der Waals surface area contributed by atoms with E-state index in [2.05, 4.69) is 31.0 Å². The van der Waals surface area contributed by atoms with E-state index in [1.807, 2.05) is 31.4 Å². The first-order chi connectivity index (χ1) is 14.9. The predicted octanol–water partition coefficient (Wildman–Crippen LogP) is 2.91. The highest BCUT2D eigenvalue weighted by Crippen LogP contribution is 2.24. The molecule has 2 heterocycles. The molecule has 156 valence electrons. The number of anilines is 5. The van der Waals surface area contributed by atoms with E-state index >= 15 is 0 Å². The SMILES string of the molecule is CC(=O)Nc1cccc(Nc2ncc(C(N)=O)c(Nc3ccc4cn(C)nc4c3)n2)c1. The zero-order valence-electron chi connectivity index (χ0n) is 16.9. The van der Waals surface area contributed by atoms with Gasteiger partial charge in [-0.15, -0.1) is 0 Å². The summed E-state index contributed by atoms with van der Waals surface area (Å²) >= 11 is 0. The summed E-state index contributed by atoms with van der Waals surface area (Å²) in [6.45, 7) is 1.44. The van der Waals surface area contributed by atoms with Gasteiger partial charge in [-0.25, -0.2) is 4.98 Å². The van der Waals surface area contributed by atoms with Crippen LogP contribution in [0.15, 0.2) is 54.9 Å². The maximum absolute atomic E-state index is 11.9. The molecule has 10 nitrogen and oxygen atoms in total. The molecule has 0 aliphatic rings. The smallest absolute Gasteiger partial charge is 0.254 e. The van der Waals surface area contributed by atoms with Gasteiger partial charge in [-0.2, -0.15) is 10.1 Å². The molecule has 5 N–H and O–H groups in total. The zero-order valence-corrected chi connectivity index (χ0v) is 16.9. The number of aromatic nitrogens is 4. The minimum atomic E-state index is -0.652. The molecule has 10 heteroatoms. The van der Waals surface area contributed by atoms with Crippen molar-refractivity contribution in [3.63, 3.8) is 0 Å². The van der Waals surface area contributed by atoms with E-state index in [1.54, 1.807) is 28.9 Å². The molecule has 0 bridgehead atoms.